The third-order valence-electron chi connectivity index (χ3n) is 6.00. The van der Waals surface area contributed by atoms with Crippen LogP contribution in [0.1, 0.15) is 17.4 Å². The zero-order chi connectivity index (χ0) is 28.2. The van der Waals surface area contributed by atoms with Crippen molar-refractivity contribution >= 4 is 49.2 Å². The lowest BCUT2D eigenvalue weighted by Crippen LogP contribution is -2.30. The molecule has 0 fully saturated rings. The van der Waals surface area contributed by atoms with Crippen LogP contribution in [0.15, 0.2) is 53.3 Å². The molecule has 0 saturated carbocycles. The zero-order valence-corrected chi connectivity index (χ0v) is 22.0. The van der Waals surface area contributed by atoms with Gasteiger partial charge in [0.05, 0.1) is 44.8 Å². The van der Waals surface area contributed by atoms with E-state index in [4.69, 9.17) is 17.3 Å². The van der Waals surface area contributed by atoms with Crippen molar-refractivity contribution in [2.75, 3.05) is 11.0 Å². The highest BCUT2D eigenvalue weighted by Gasteiger charge is 2.25. The number of hydrogen-bond donors (Lipinski definition) is 2. The summed E-state index contributed by atoms with van der Waals surface area (Å²) in [4.78, 5) is 18.4. The number of aromatic nitrogens is 4. The molecule has 0 saturated heterocycles. The van der Waals surface area contributed by atoms with Crippen LogP contribution in [-0.4, -0.2) is 34.0 Å². The van der Waals surface area contributed by atoms with Crippen LogP contribution in [0.4, 0.5) is 19.0 Å². The minimum Gasteiger partial charge on any atom is -0.321 e. The molecule has 9 nitrogen and oxygen atoms in total. The second-order valence-electron chi connectivity index (χ2n) is 9.00. The van der Waals surface area contributed by atoms with Crippen LogP contribution < -0.4 is 16.0 Å². The minimum atomic E-state index is -3.74. The molecule has 0 bridgehead atoms. The van der Waals surface area contributed by atoms with Gasteiger partial charge in [-0.3, -0.25) is 18.8 Å². The molecule has 14 heteroatoms. The average Bonchev–Trinajstić information content (AvgIpc) is 3.14. The van der Waals surface area contributed by atoms with E-state index >= 15 is 0 Å². The third-order valence-corrected chi connectivity index (χ3v) is 6.88. The molecule has 0 radical (unpaired) electrons. The average molecular weight is 577 g/mol. The number of aryl methyl sites for hydroxylation is 1. The summed E-state index contributed by atoms with van der Waals surface area (Å²) in [6, 6.07) is 8.33. The van der Waals surface area contributed by atoms with E-state index in [0.717, 1.165) is 41.2 Å². The van der Waals surface area contributed by atoms with Crippen molar-refractivity contribution in [1.29, 1.82) is 0 Å². The van der Waals surface area contributed by atoms with E-state index < -0.39 is 39.1 Å². The van der Waals surface area contributed by atoms with Gasteiger partial charge in [0, 0.05) is 13.1 Å². The molecule has 1 atom stereocenters. The van der Waals surface area contributed by atoms with E-state index in [2.05, 4.69) is 14.8 Å². The van der Waals surface area contributed by atoms with Gasteiger partial charge in [-0.1, -0.05) is 11.6 Å². The Morgan fingerprint density at radius 3 is 2.41 bits per heavy atom. The SMILES string of the molecule is Cn1nc(NS(C)(=O)=O)c2c(Cl)ccc(-n3c([C@@H](N)Cc4cc(F)cc(F)c4)nc4ccc(F)cc4c3=O)c21. The molecule has 3 aromatic carbocycles. The van der Waals surface area contributed by atoms with Gasteiger partial charge in [-0.15, -0.1) is 0 Å². The second kappa shape index (κ2) is 9.67. The summed E-state index contributed by atoms with van der Waals surface area (Å²) in [5, 5.41) is 4.50. The molecule has 5 aromatic rings. The molecule has 3 N–H and O–H groups in total. The first-order valence-corrected chi connectivity index (χ1v) is 13.7. The fourth-order valence-corrected chi connectivity index (χ4v) is 5.25. The normalized spacial score (nSPS) is 12.8. The number of fused-ring (bicyclic) bond motifs is 2. The van der Waals surface area contributed by atoms with E-state index in [1.807, 2.05) is 0 Å². The van der Waals surface area contributed by atoms with Crippen molar-refractivity contribution in [2.45, 2.75) is 12.5 Å². The number of nitrogens with two attached hydrogens (primary N) is 1. The van der Waals surface area contributed by atoms with Crippen LogP contribution in [0.5, 0.6) is 0 Å². The summed E-state index contributed by atoms with van der Waals surface area (Å²) in [5.74, 6) is -2.32. The molecular weight excluding hydrogens is 557 g/mol. The van der Waals surface area contributed by atoms with Gasteiger partial charge in [-0.25, -0.2) is 26.6 Å². The Hall–Kier alpha value is -3.94. The van der Waals surface area contributed by atoms with Gasteiger partial charge in [0.2, 0.25) is 10.0 Å². The van der Waals surface area contributed by atoms with Crippen LogP contribution in [0.2, 0.25) is 5.02 Å². The Labute approximate surface area is 224 Å². The summed E-state index contributed by atoms with van der Waals surface area (Å²) < 4.78 is 70.5. The van der Waals surface area contributed by atoms with Crippen LogP contribution in [0.25, 0.3) is 27.5 Å². The maximum Gasteiger partial charge on any atom is 0.266 e. The molecule has 5 rings (SSSR count). The second-order valence-corrected chi connectivity index (χ2v) is 11.2. The molecule has 2 heterocycles. The number of sulfonamides is 1. The number of halogens is 4. The first kappa shape index (κ1) is 26.7. The monoisotopic (exact) mass is 576 g/mol. The van der Waals surface area contributed by atoms with Crippen molar-refractivity contribution < 1.29 is 21.6 Å². The van der Waals surface area contributed by atoms with Crippen molar-refractivity contribution in [3.63, 3.8) is 0 Å². The van der Waals surface area contributed by atoms with Crippen molar-refractivity contribution in [1.82, 2.24) is 19.3 Å². The lowest BCUT2D eigenvalue weighted by molar-refractivity contribution is 0.572. The summed E-state index contributed by atoms with van der Waals surface area (Å²) >= 11 is 6.42. The number of rotatable bonds is 6. The maximum atomic E-state index is 14.1. The Morgan fingerprint density at radius 2 is 1.74 bits per heavy atom. The smallest absolute Gasteiger partial charge is 0.266 e. The Balaban J connectivity index is 1.81. The molecule has 0 amide bonds. The van der Waals surface area contributed by atoms with Gasteiger partial charge >= 0.3 is 0 Å². The number of benzene rings is 3. The Bertz CT molecular complexity index is 1940. The van der Waals surface area contributed by atoms with Crippen LogP contribution >= 0.6 is 11.6 Å². The van der Waals surface area contributed by atoms with Crippen LogP contribution in [-0.2, 0) is 23.5 Å². The zero-order valence-electron chi connectivity index (χ0n) is 20.4. The predicted octanol–water partition coefficient (Wildman–Crippen LogP) is 3.96. The quantitative estimate of drug-likeness (QED) is 0.315. The van der Waals surface area contributed by atoms with Gasteiger partial charge < -0.3 is 5.73 Å². The summed E-state index contributed by atoms with van der Waals surface area (Å²) in [5.41, 5.74) is 6.59. The number of nitrogens with zero attached hydrogens (tertiary/aromatic N) is 4. The molecule has 0 aliphatic carbocycles. The molecule has 2 aromatic heterocycles. The number of nitrogens with one attached hydrogen (secondary N) is 1. The van der Waals surface area contributed by atoms with Crippen LogP contribution in [0.3, 0.4) is 0 Å². The molecule has 0 aliphatic rings. The lowest BCUT2D eigenvalue weighted by Gasteiger charge is -2.20. The molecule has 0 aliphatic heterocycles. The number of anilines is 1. The minimum absolute atomic E-state index is 0.00576. The van der Waals surface area contributed by atoms with Gasteiger partial charge in [0.15, 0.2) is 5.82 Å². The van der Waals surface area contributed by atoms with E-state index in [0.29, 0.717) is 0 Å². The van der Waals surface area contributed by atoms with Crippen LogP contribution in [0, 0.1) is 17.5 Å². The highest BCUT2D eigenvalue weighted by atomic mass is 35.5. The van der Waals surface area contributed by atoms with Crippen molar-refractivity contribution in [2.24, 2.45) is 12.8 Å². The molecule has 39 heavy (non-hydrogen) atoms. The Morgan fingerprint density at radius 1 is 1.05 bits per heavy atom. The standard InChI is InChI=1S/C25H20ClF3N6O3S/c1-34-22-20(6-4-17(26)21(22)23(32-34)33-39(2,37)38)35-24(18(30)9-12-7-14(28)10-15(29)8-12)31-19-5-3-13(27)11-16(19)25(35)36/h3-8,10-11,18H,9,30H2,1-2H3,(H,32,33)/t18-/m0/s1. The van der Waals surface area contributed by atoms with Crippen molar-refractivity contribution in [3.8, 4) is 5.69 Å². The Kier molecular flexibility index (Phi) is 6.61. The van der Waals surface area contributed by atoms with Gasteiger partial charge in [-0.05, 0) is 54.4 Å². The number of hydrogen-bond acceptors (Lipinski definition) is 6. The summed E-state index contributed by atoms with van der Waals surface area (Å²) in [6.45, 7) is 0. The molecular formula is C25H20ClF3N6O3S. The highest BCUT2D eigenvalue weighted by Crippen LogP contribution is 2.35. The molecule has 202 valence electrons. The predicted molar refractivity (Wildman–Crippen MR) is 142 cm³/mol. The largest absolute Gasteiger partial charge is 0.321 e. The first-order valence-electron chi connectivity index (χ1n) is 11.4. The summed E-state index contributed by atoms with van der Waals surface area (Å²) in [6.07, 6.45) is 0.848. The molecule has 0 spiro atoms. The molecule has 0 unspecified atom stereocenters. The highest BCUT2D eigenvalue weighted by molar-refractivity contribution is 7.92. The first-order chi connectivity index (χ1) is 18.3. The topological polar surface area (TPSA) is 125 Å². The fraction of sp³-hybridized carbons (Fsp3) is 0.160. The fourth-order valence-electron chi connectivity index (χ4n) is 4.52. The lowest BCUT2D eigenvalue weighted by atomic mass is 10.0. The van der Waals surface area contributed by atoms with Gasteiger partial charge in [0.25, 0.3) is 5.56 Å². The third kappa shape index (κ3) is 5.07. The van der Waals surface area contributed by atoms with Gasteiger partial charge in [0.1, 0.15) is 23.3 Å². The van der Waals surface area contributed by atoms with E-state index in [-0.39, 0.29) is 56.1 Å². The van der Waals surface area contributed by atoms with Crippen molar-refractivity contribution in [3.05, 3.63) is 92.7 Å². The van der Waals surface area contributed by atoms with E-state index in [1.54, 1.807) is 0 Å². The maximum absolute atomic E-state index is 14.1. The summed E-state index contributed by atoms with van der Waals surface area (Å²) in [7, 11) is -2.23. The van der Waals surface area contributed by atoms with E-state index in [9.17, 15) is 26.4 Å². The van der Waals surface area contributed by atoms with Gasteiger partial charge in [-0.2, -0.15) is 5.10 Å². The van der Waals surface area contributed by atoms with E-state index in [1.165, 1.54) is 29.9 Å².